The van der Waals surface area contributed by atoms with Crippen LogP contribution >= 0.6 is 24.8 Å². The molecule has 0 bridgehead atoms. The number of carbonyl (C=O) groups excluding carboxylic acids is 1. The van der Waals surface area contributed by atoms with E-state index < -0.39 is 0 Å². The van der Waals surface area contributed by atoms with Crippen molar-refractivity contribution in [1.29, 1.82) is 0 Å². The van der Waals surface area contributed by atoms with Gasteiger partial charge in [-0.2, -0.15) is 0 Å². The van der Waals surface area contributed by atoms with Crippen LogP contribution in [-0.2, 0) is 6.54 Å². The second-order valence-electron chi connectivity index (χ2n) is 5.69. The number of amides is 1. The van der Waals surface area contributed by atoms with Gasteiger partial charge in [0, 0.05) is 24.0 Å². The standard InChI is InChI=1S/C16H23N3O2.2ClH/c1-11(8-17)9-18-16(20)15-13(10-19(2)3)12-6-4-5-7-14(12)21-15;;/h4-7,11H,8-10,17H2,1-3H3,(H,18,20);2*1H. The van der Waals surface area contributed by atoms with E-state index in [-0.39, 0.29) is 36.6 Å². The summed E-state index contributed by atoms with van der Waals surface area (Å²) in [5, 5.41) is 3.88. The number of rotatable bonds is 6. The zero-order valence-corrected chi connectivity index (χ0v) is 15.3. The van der Waals surface area contributed by atoms with Crippen molar-refractivity contribution >= 4 is 41.7 Å². The molecule has 0 spiro atoms. The smallest absolute Gasteiger partial charge is 0.287 e. The van der Waals surface area contributed by atoms with Crippen LogP contribution in [0.15, 0.2) is 28.7 Å². The van der Waals surface area contributed by atoms with Crippen LogP contribution < -0.4 is 11.1 Å². The predicted molar refractivity (Wildman–Crippen MR) is 98.7 cm³/mol. The van der Waals surface area contributed by atoms with Gasteiger partial charge in [0.1, 0.15) is 5.58 Å². The van der Waals surface area contributed by atoms with E-state index in [2.05, 4.69) is 5.32 Å². The summed E-state index contributed by atoms with van der Waals surface area (Å²) in [7, 11) is 3.94. The highest BCUT2D eigenvalue weighted by atomic mass is 35.5. The molecular weight excluding hydrogens is 337 g/mol. The normalized spacial score (nSPS) is 11.7. The molecule has 0 aliphatic rings. The van der Waals surface area contributed by atoms with Crippen LogP contribution in [0.5, 0.6) is 0 Å². The second-order valence-corrected chi connectivity index (χ2v) is 5.69. The lowest BCUT2D eigenvalue weighted by Gasteiger charge is -2.12. The van der Waals surface area contributed by atoms with Crippen molar-refractivity contribution in [3.63, 3.8) is 0 Å². The van der Waals surface area contributed by atoms with E-state index in [4.69, 9.17) is 10.2 Å². The van der Waals surface area contributed by atoms with E-state index in [9.17, 15) is 4.79 Å². The average molecular weight is 362 g/mol. The van der Waals surface area contributed by atoms with Gasteiger partial charge >= 0.3 is 0 Å². The Hall–Kier alpha value is -1.27. The Labute approximate surface area is 149 Å². The van der Waals surface area contributed by atoms with Crippen LogP contribution in [0.2, 0.25) is 0 Å². The summed E-state index contributed by atoms with van der Waals surface area (Å²) in [6.45, 7) is 3.75. The average Bonchev–Trinajstić information content (AvgIpc) is 2.82. The first-order valence-corrected chi connectivity index (χ1v) is 7.16. The van der Waals surface area contributed by atoms with Gasteiger partial charge < -0.3 is 20.4 Å². The number of hydrogen-bond acceptors (Lipinski definition) is 4. The van der Waals surface area contributed by atoms with Gasteiger partial charge in [0.2, 0.25) is 0 Å². The minimum absolute atomic E-state index is 0. The molecule has 1 aromatic heterocycles. The van der Waals surface area contributed by atoms with Crippen LogP contribution in [0.25, 0.3) is 11.0 Å². The van der Waals surface area contributed by atoms with Crippen molar-refractivity contribution in [2.75, 3.05) is 27.2 Å². The van der Waals surface area contributed by atoms with Gasteiger partial charge in [-0.15, -0.1) is 24.8 Å². The van der Waals surface area contributed by atoms with E-state index in [1.807, 2.05) is 50.2 Å². The zero-order valence-electron chi connectivity index (χ0n) is 13.7. The molecule has 23 heavy (non-hydrogen) atoms. The molecule has 2 aromatic rings. The molecule has 1 unspecified atom stereocenters. The Bertz CT molecular complexity index is 629. The van der Waals surface area contributed by atoms with Crippen molar-refractivity contribution in [3.05, 3.63) is 35.6 Å². The lowest BCUT2D eigenvalue weighted by Crippen LogP contribution is -2.31. The number of para-hydroxylation sites is 1. The van der Waals surface area contributed by atoms with Gasteiger partial charge in [0.25, 0.3) is 5.91 Å². The number of benzene rings is 1. The van der Waals surface area contributed by atoms with Gasteiger partial charge in [-0.25, -0.2) is 0 Å². The highest BCUT2D eigenvalue weighted by Gasteiger charge is 2.20. The SMILES string of the molecule is CC(CN)CNC(=O)c1oc2ccccc2c1CN(C)C.Cl.Cl. The molecule has 1 heterocycles. The van der Waals surface area contributed by atoms with Crippen LogP contribution in [0.3, 0.4) is 0 Å². The van der Waals surface area contributed by atoms with E-state index in [1.165, 1.54) is 0 Å². The summed E-state index contributed by atoms with van der Waals surface area (Å²) in [5.41, 5.74) is 7.24. The Balaban J connectivity index is 0.00000242. The minimum atomic E-state index is -0.177. The first-order chi connectivity index (χ1) is 10.0. The Morgan fingerprint density at radius 3 is 2.57 bits per heavy atom. The van der Waals surface area contributed by atoms with E-state index >= 15 is 0 Å². The maximum atomic E-state index is 12.4. The summed E-state index contributed by atoms with van der Waals surface area (Å²) in [5.74, 6) is 0.466. The van der Waals surface area contributed by atoms with Crippen molar-refractivity contribution in [1.82, 2.24) is 10.2 Å². The highest BCUT2D eigenvalue weighted by Crippen LogP contribution is 2.26. The van der Waals surface area contributed by atoms with Crippen LogP contribution in [0.1, 0.15) is 23.0 Å². The van der Waals surface area contributed by atoms with E-state index in [0.29, 0.717) is 25.4 Å². The Morgan fingerprint density at radius 1 is 1.30 bits per heavy atom. The number of hydrogen-bond donors (Lipinski definition) is 2. The molecule has 5 nitrogen and oxygen atoms in total. The third-order valence-electron chi connectivity index (χ3n) is 3.39. The number of carbonyl (C=O) groups is 1. The first-order valence-electron chi connectivity index (χ1n) is 7.16. The quantitative estimate of drug-likeness (QED) is 0.829. The van der Waals surface area contributed by atoms with Crippen molar-refractivity contribution < 1.29 is 9.21 Å². The van der Waals surface area contributed by atoms with Gasteiger partial charge in [-0.3, -0.25) is 4.79 Å². The number of halogens is 2. The van der Waals surface area contributed by atoms with Gasteiger partial charge in [-0.1, -0.05) is 25.1 Å². The van der Waals surface area contributed by atoms with Gasteiger partial charge in [-0.05, 0) is 32.6 Å². The van der Waals surface area contributed by atoms with Crippen molar-refractivity contribution in [2.24, 2.45) is 11.7 Å². The minimum Gasteiger partial charge on any atom is -0.451 e. The monoisotopic (exact) mass is 361 g/mol. The number of nitrogens with two attached hydrogens (primary N) is 1. The first kappa shape index (κ1) is 21.7. The van der Waals surface area contributed by atoms with Gasteiger partial charge in [0.15, 0.2) is 5.76 Å². The molecule has 0 fully saturated rings. The molecular formula is C16H25Cl2N3O2. The molecule has 0 aliphatic heterocycles. The third-order valence-corrected chi connectivity index (χ3v) is 3.39. The summed E-state index contributed by atoms with van der Waals surface area (Å²) in [4.78, 5) is 14.4. The number of fused-ring (bicyclic) bond motifs is 1. The Morgan fingerprint density at radius 2 is 1.96 bits per heavy atom. The molecule has 7 heteroatoms. The number of nitrogens with one attached hydrogen (secondary N) is 1. The Kier molecular flexibility index (Phi) is 9.24. The predicted octanol–water partition coefficient (Wildman–Crippen LogP) is 2.66. The molecule has 2 rings (SSSR count). The maximum absolute atomic E-state index is 12.4. The molecule has 0 aliphatic carbocycles. The third kappa shape index (κ3) is 5.39. The molecule has 0 radical (unpaired) electrons. The van der Waals surface area contributed by atoms with Crippen molar-refractivity contribution in [3.8, 4) is 0 Å². The molecule has 130 valence electrons. The molecule has 3 N–H and O–H groups in total. The number of furan rings is 1. The van der Waals surface area contributed by atoms with Crippen LogP contribution in [-0.4, -0.2) is 38.0 Å². The fraction of sp³-hybridized carbons (Fsp3) is 0.438. The van der Waals surface area contributed by atoms with E-state index in [1.54, 1.807) is 0 Å². The summed E-state index contributed by atoms with van der Waals surface area (Å²) in [6, 6.07) is 7.73. The summed E-state index contributed by atoms with van der Waals surface area (Å²) >= 11 is 0. The molecule has 1 atom stereocenters. The topological polar surface area (TPSA) is 71.5 Å². The molecule has 0 saturated heterocycles. The highest BCUT2D eigenvalue weighted by molar-refractivity contribution is 5.99. The number of nitrogens with zero attached hydrogens (tertiary/aromatic N) is 1. The molecule has 1 aromatic carbocycles. The van der Waals surface area contributed by atoms with Gasteiger partial charge in [0.05, 0.1) is 0 Å². The molecule has 1 amide bonds. The molecule has 0 saturated carbocycles. The fourth-order valence-electron chi connectivity index (χ4n) is 2.19. The zero-order chi connectivity index (χ0) is 15.4. The van der Waals surface area contributed by atoms with Crippen LogP contribution in [0, 0.1) is 5.92 Å². The van der Waals surface area contributed by atoms with E-state index in [0.717, 1.165) is 16.5 Å². The second kappa shape index (κ2) is 9.78. The van der Waals surface area contributed by atoms with Crippen molar-refractivity contribution in [2.45, 2.75) is 13.5 Å². The summed E-state index contributed by atoms with van der Waals surface area (Å²) in [6.07, 6.45) is 0. The summed E-state index contributed by atoms with van der Waals surface area (Å²) < 4.78 is 5.76. The largest absolute Gasteiger partial charge is 0.451 e. The van der Waals surface area contributed by atoms with Crippen LogP contribution in [0.4, 0.5) is 0 Å². The lowest BCUT2D eigenvalue weighted by molar-refractivity contribution is 0.0920. The lowest BCUT2D eigenvalue weighted by atomic mass is 10.1. The maximum Gasteiger partial charge on any atom is 0.287 e. The fourth-order valence-corrected chi connectivity index (χ4v) is 2.19.